The van der Waals surface area contributed by atoms with Crippen LogP contribution >= 0.6 is 0 Å². The van der Waals surface area contributed by atoms with E-state index in [9.17, 15) is 8.78 Å². The monoisotopic (exact) mass is 274 g/mol. The minimum absolute atomic E-state index is 0.832. The topological polar surface area (TPSA) is 0 Å². The molecule has 0 spiro atoms. The number of hydrogen-bond acceptors (Lipinski definition) is 0. The van der Waals surface area contributed by atoms with Crippen molar-refractivity contribution in [3.05, 3.63) is 17.0 Å². The van der Waals surface area contributed by atoms with Gasteiger partial charge in [-0.05, 0) is 18.0 Å². The summed E-state index contributed by atoms with van der Waals surface area (Å²) in [5.74, 6) is 0. The van der Waals surface area contributed by atoms with Gasteiger partial charge in [0.05, 0.1) is 8.07 Å². The van der Waals surface area contributed by atoms with Crippen molar-refractivity contribution in [1.29, 1.82) is 0 Å². The minimum Gasteiger partial charge on any atom is -0.164 e. The summed E-state index contributed by atoms with van der Waals surface area (Å²) in [4.78, 5) is 0. The lowest BCUT2D eigenvalue weighted by Crippen LogP contribution is -2.34. The number of rotatable bonds is 9. The lowest BCUT2D eigenvalue weighted by Gasteiger charge is -2.30. The lowest BCUT2D eigenvalue weighted by molar-refractivity contribution is 0.423. The summed E-state index contributed by atoms with van der Waals surface area (Å²) in [5.41, 5.74) is 2.41. The Hall–Kier alpha value is -0.403. The molecule has 0 aromatic carbocycles. The Kier molecular flexibility index (Phi) is 9.30. The first kappa shape index (κ1) is 17.6. The van der Waals surface area contributed by atoms with Gasteiger partial charge < -0.3 is 0 Å². The highest BCUT2D eigenvalue weighted by Gasteiger charge is 2.31. The fraction of sp³-hybridized carbons (Fsp3) is 0.800. The maximum atomic E-state index is 12.6. The molecular weight excluding hydrogens is 246 g/mol. The van der Waals surface area contributed by atoms with Crippen LogP contribution in [0.3, 0.4) is 0 Å². The molecule has 106 valence electrons. The zero-order chi connectivity index (χ0) is 14.0. The van der Waals surface area contributed by atoms with Crippen molar-refractivity contribution in [2.24, 2.45) is 0 Å². The molecule has 0 amide bonds. The predicted molar refractivity (Wildman–Crippen MR) is 78.7 cm³/mol. The van der Waals surface area contributed by atoms with Crippen LogP contribution < -0.4 is 0 Å². The van der Waals surface area contributed by atoms with E-state index in [1.54, 1.807) is 0 Å². The van der Waals surface area contributed by atoms with Crippen molar-refractivity contribution >= 4 is 8.07 Å². The SMILES string of the molecule is CCCCCCC(=C=C(F)F)[Si](CC)(CC)CC. The first-order valence-electron chi connectivity index (χ1n) is 7.37. The average molecular weight is 274 g/mol. The van der Waals surface area contributed by atoms with E-state index in [1.165, 1.54) is 12.8 Å². The summed E-state index contributed by atoms with van der Waals surface area (Å²) in [6, 6.07) is 3.18. The molecule has 0 aliphatic rings. The van der Waals surface area contributed by atoms with Gasteiger partial charge in [0, 0.05) is 0 Å². The van der Waals surface area contributed by atoms with E-state index in [4.69, 9.17) is 0 Å². The third kappa shape index (κ3) is 5.49. The van der Waals surface area contributed by atoms with Gasteiger partial charge >= 0.3 is 6.08 Å². The van der Waals surface area contributed by atoms with Crippen LogP contribution in [0.2, 0.25) is 18.1 Å². The maximum Gasteiger partial charge on any atom is 0.312 e. The Bertz CT molecular complexity index is 275. The van der Waals surface area contributed by atoms with Gasteiger partial charge in [0.2, 0.25) is 0 Å². The van der Waals surface area contributed by atoms with Gasteiger partial charge in [-0.25, -0.2) is 0 Å². The molecule has 0 saturated carbocycles. The minimum atomic E-state index is -1.67. The molecule has 18 heavy (non-hydrogen) atoms. The molecule has 0 aromatic heterocycles. The van der Waals surface area contributed by atoms with Crippen LogP contribution in [0.5, 0.6) is 0 Å². The standard InChI is InChI=1S/C15H28F2Si/c1-5-9-10-11-12-14(13-15(16)17)18(6-2,7-3)8-4/h5-12H2,1-4H3. The van der Waals surface area contributed by atoms with Crippen molar-refractivity contribution < 1.29 is 8.78 Å². The van der Waals surface area contributed by atoms with Crippen LogP contribution in [-0.2, 0) is 0 Å². The molecule has 0 heterocycles. The summed E-state index contributed by atoms with van der Waals surface area (Å²) in [6.07, 6.45) is 3.78. The normalized spacial score (nSPS) is 11.2. The molecule has 3 heteroatoms. The summed E-state index contributed by atoms with van der Waals surface area (Å²) in [5, 5.41) is 0.978. The Morgan fingerprint density at radius 1 is 0.889 bits per heavy atom. The highest BCUT2D eigenvalue weighted by Crippen LogP contribution is 2.31. The van der Waals surface area contributed by atoms with Crippen LogP contribution in [0.15, 0.2) is 17.0 Å². The molecule has 0 aliphatic carbocycles. The fourth-order valence-corrected chi connectivity index (χ4v) is 6.54. The first-order chi connectivity index (χ1) is 8.56. The van der Waals surface area contributed by atoms with Crippen LogP contribution in [-0.4, -0.2) is 8.07 Å². The lowest BCUT2D eigenvalue weighted by atomic mass is 10.1. The molecule has 0 nitrogen and oxygen atoms in total. The van der Waals surface area contributed by atoms with Crippen molar-refractivity contribution in [2.75, 3.05) is 0 Å². The Morgan fingerprint density at radius 2 is 1.44 bits per heavy atom. The molecule has 0 bridgehead atoms. The Balaban J connectivity index is 4.95. The van der Waals surface area contributed by atoms with Crippen LogP contribution in [0, 0.1) is 0 Å². The van der Waals surface area contributed by atoms with E-state index in [0.29, 0.717) is 0 Å². The average Bonchev–Trinajstić information content (AvgIpc) is 2.36. The van der Waals surface area contributed by atoms with Crippen molar-refractivity contribution in [2.45, 2.75) is 77.9 Å². The Morgan fingerprint density at radius 3 is 1.83 bits per heavy atom. The van der Waals surface area contributed by atoms with E-state index in [2.05, 4.69) is 33.4 Å². The van der Waals surface area contributed by atoms with Gasteiger partial charge in [0.1, 0.15) is 0 Å². The molecular formula is C15H28F2Si. The summed E-state index contributed by atoms with van der Waals surface area (Å²) in [6.45, 7) is 8.64. The molecule has 0 fully saturated rings. The van der Waals surface area contributed by atoms with E-state index in [0.717, 1.165) is 42.6 Å². The first-order valence-corrected chi connectivity index (χ1v) is 9.99. The largest absolute Gasteiger partial charge is 0.312 e. The van der Waals surface area contributed by atoms with Gasteiger partial charge in [-0.15, -0.1) is 0 Å². The number of unbranched alkanes of at least 4 members (excludes halogenated alkanes) is 3. The summed E-state index contributed by atoms with van der Waals surface area (Å²) >= 11 is 0. The molecule has 0 saturated heterocycles. The van der Waals surface area contributed by atoms with Gasteiger partial charge in [0.15, 0.2) is 0 Å². The highest BCUT2D eigenvalue weighted by atomic mass is 28.3. The third-order valence-electron chi connectivity index (χ3n) is 4.20. The van der Waals surface area contributed by atoms with Gasteiger partial charge in [0.25, 0.3) is 0 Å². The zero-order valence-corrected chi connectivity index (χ0v) is 13.4. The number of halogens is 2. The second-order valence-electron chi connectivity index (χ2n) is 5.02. The second kappa shape index (κ2) is 9.52. The molecule has 0 aliphatic heterocycles. The molecule has 0 radical (unpaired) electrons. The summed E-state index contributed by atoms with van der Waals surface area (Å²) in [7, 11) is -1.67. The zero-order valence-electron chi connectivity index (χ0n) is 12.4. The van der Waals surface area contributed by atoms with Crippen molar-refractivity contribution in [3.63, 3.8) is 0 Å². The van der Waals surface area contributed by atoms with Gasteiger partial charge in [-0.2, -0.15) is 8.78 Å². The third-order valence-corrected chi connectivity index (χ3v) is 9.91. The van der Waals surface area contributed by atoms with Crippen LogP contribution in [0.4, 0.5) is 8.78 Å². The van der Waals surface area contributed by atoms with E-state index < -0.39 is 14.2 Å². The van der Waals surface area contributed by atoms with E-state index in [1.807, 2.05) is 0 Å². The van der Waals surface area contributed by atoms with E-state index in [-0.39, 0.29) is 0 Å². The predicted octanol–water partition coefficient (Wildman–Crippen LogP) is 6.31. The second-order valence-corrected chi connectivity index (χ2v) is 10.3. The van der Waals surface area contributed by atoms with Crippen molar-refractivity contribution in [1.82, 2.24) is 0 Å². The Labute approximate surface area is 112 Å². The summed E-state index contributed by atoms with van der Waals surface area (Å²) < 4.78 is 25.2. The number of hydrogen-bond donors (Lipinski definition) is 0. The maximum absolute atomic E-state index is 12.6. The quantitative estimate of drug-likeness (QED) is 0.262. The molecule has 0 unspecified atom stereocenters. The molecule has 0 atom stereocenters. The van der Waals surface area contributed by atoms with Crippen LogP contribution in [0.1, 0.15) is 59.8 Å². The van der Waals surface area contributed by atoms with Gasteiger partial charge in [-0.3, -0.25) is 0 Å². The fourth-order valence-electron chi connectivity index (χ4n) is 2.69. The highest BCUT2D eigenvalue weighted by molar-refractivity contribution is 6.86. The number of allylic oxidation sites excluding steroid dienone is 1. The van der Waals surface area contributed by atoms with E-state index >= 15 is 0 Å². The van der Waals surface area contributed by atoms with Gasteiger partial charge in [-0.1, -0.05) is 70.8 Å². The van der Waals surface area contributed by atoms with Crippen LogP contribution in [0.25, 0.3) is 0 Å². The molecule has 0 rings (SSSR count). The van der Waals surface area contributed by atoms with Crippen molar-refractivity contribution in [3.8, 4) is 0 Å². The smallest absolute Gasteiger partial charge is 0.164 e. The molecule has 0 aromatic rings. The molecule has 0 N–H and O–H groups in total.